The summed E-state index contributed by atoms with van der Waals surface area (Å²) in [4.78, 5) is 115. The number of amides is 5. The lowest BCUT2D eigenvalue weighted by Gasteiger charge is -2.20. The van der Waals surface area contributed by atoms with Gasteiger partial charge in [0.25, 0.3) is 29.5 Å². The van der Waals surface area contributed by atoms with E-state index >= 15 is 0 Å². The quantitative estimate of drug-likeness (QED) is 0.0417. The Labute approximate surface area is 718 Å². The third-order valence-electron chi connectivity index (χ3n) is 18.6. The maximum Gasteiger partial charge on any atom is 0.274 e. The molecule has 31 heteroatoms. The van der Waals surface area contributed by atoms with Crippen LogP contribution in [0.2, 0.25) is 0 Å². The number of pyridine rings is 1. The van der Waals surface area contributed by atoms with E-state index < -0.39 is 29.2 Å². The standard InChI is InChI=1S/C19H16F2N4O.2C19H17FN4O.C19H18N4O2.C18H17N5O/c1-12-4-3-5-13(6-12)19(26)24-17-8-18(16(21)7-15(17)20)25(2)14-9-22-11-23-10-14;2*1-13-4-3-5-14(6-13)19(25)23-16-7-15(20)8-17(9-16)24(2)18-10-21-12-22-11-18;1-23(17-11-20-13-21-12-17)16-7-4-6-15(10-16)22-19(24)14-5-3-8-18(9-14)25-2;1-13-5-3-8-17(21-13)18(24)22-14-6-4-7-15(9-14)23(2)16-10-19-12-20-11-16/h3-11H,1-2H3,(H,24,26);2*3-12H,1-2H3,(H,23,25);3-13H,1-2H3,(H,22,24);3-12H,1-2H3,(H,22,24). The first kappa shape index (κ1) is 89.2. The van der Waals surface area contributed by atoms with Crippen LogP contribution >= 0.6 is 0 Å². The van der Waals surface area contributed by atoms with Gasteiger partial charge in [-0.2, -0.15) is 0 Å². The molecule has 0 aliphatic heterocycles. The largest absolute Gasteiger partial charge is 0.497 e. The third-order valence-corrected chi connectivity index (χ3v) is 18.6. The second-order valence-corrected chi connectivity index (χ2v) is 27.8. The highest BCUT2D eigenvalue weighted by Gasteiger charge is 2.20. The number of rotatable bonds is 21. The number of aromatic nitrogens is 11. The van der Waals surface area contributed by atoms with Gasteiger partial charge in [-0.1, -0.05) is 77.4 Å². The average molecular weight is 1680 g/mol. The Kier molecular flexibility index (Phi) is 31.0. The molecule has 9 aromatic carbocycles. The van der Waals surface area contributed by atoms with Gasteiger partial charge in [0.2, 0.25) is 0 Å². The first-order chi connectivity index (χ1) is 60.3. The van der Waals surface area contributed by atoms with Gasteiger partial charge in [0.15, 0.2) is 0 Å². The van der Waals surface area contributed by atoms with E-state index in [9.17, 15) is 41.5 Å². The SMILES string of the molecule is COc1cccc(C(=O)Nc2cccc(N(C)c3cncnc3)c2)c1.Cc1cccc(C(=O)Nc2cc(F)cc(N(C)c3cncnc3)c2)c1.Cc1cccc(C(=O)Nc2cc(F)cc(N(C)c3cncnc3)c2)c1.Cc1cccc(C(=O)Nc2cc(N(C)c3cncnc3)c(F)cc2F)c1.Cc1cccc(C(=O)Nc2cccc(N(C)c3cncnc3)c2)n1. The minimum Gasteiger partial charge on any atom is -0.497 e. The molecular weight excluding hydrogens is 1600 g/mol. The lowest BCUT2D eigenvalue weighted by Crippen LogP contribution is -2.16. The number of anilines is 15. The van der Waals surface area contributed by atoms with Crippen LogP contribution in [0.5, 0.6) is 5.75 Å². The number of hydrogen-bond acceptors (Lipinski definition) is 22. The van der Waals surface area contributed by atoms with Crippen molar-refractivity contribution in [3.63, 3.8) is 0 Å². The number of carbonyl (C=O) groups is 5. The van der Waals surface area contributed by atoms with Crippen molar-refractivity contribution >= 4 is 115 Å². The molecule has 0 bridgehead atoms. The molecular formula is C94H85F4N21O6. The van der Waals surface area contributed by atoms with Crippen molar-refractivity contribution in [2.45, 2.75) is 27.7 Å². The summed E-state index contributed by atoms with van der Waals surface area (Å²) in [7, 11) is 10.6. The van der Waals surface area contributed by atoms with Crippen LogP contribution < -0.4 is 55.8 Å². The summed E-state index contributed by atoms with van der Waals surface area (Å²) in [5.74, 6) is -3.34. The lowest BCUT2D eigenvalue weighted by atomic mass is 10.1. The smallest absolute Gasteiger partial charge is 0.274 e. The maximum absolute atomic E-state index is 14.2. The Morgan fingerprint density at radius 3 is 1.01 bits per heavy atom. The molecule has 0 spiro atoms. The number of aryl methyl sites for hydroxylation is 4. The van der Waals surface area contributed by atoms with E-state index in [1.165, 1.54) is 79.3 Å². The predicted octanol–water partition coefficient (Wildman–Crippen LogP) is 18.7. The molecule has 0 radical (unpaired) electrons. The van der Waals surface area contributed by atoms with E-state index in [-0.39, 0.29) is 35.0 Å². The van der Waals surface area contributed by atoms with Crippen molar-refractivity contribution < 1.29 is 46.3 Å². The molecule has 0 aliphatic carbocycles. The van der Waals surface area contributed by atoms with E-state index in [0.717, 1.165) is 51.2 Å². The molecule has 5 N–H and O–H groups in total. The van der Waals surface area contributed by atoms with Crippen LogP contribution in [-0.2, 0) is 0 Å². The Morgan fingerprint density at radius 2 is 0.624 bits per heavy atom. The highest BCUT2D eigenvalue weighted by atomic mass is 19.1. The molecule has 6 aromatic heterocycles. The number of halogens is 4. The Bertz CT molecular complexity index is 6050. The fraction of sp³-hybridized carbons (Fsp3) is 0.106. The van der Waals surface area contributed by atoms with E-state index in [1.54, 1.807) is 173 Å². The summed E-state index contributed by atoms with van der Waals surface area (Å²) in [5.41, 5.74) is 14.8. The predicted molar refractivity (Wildman–Crippen MR) is 478 cm³/mol. The van der Waals surface area contributed by atoms with Crippen LogP contribution in [0.25, 0.3) is 0 Å². The zero-order valence-corrected chi connectivity index (χ0v) is 69.5. The molecule has 125 heavy (non-hydrogen) atoms. The zero-order valence-electron chi connectivity index (χ0n) is 69.5. The monoisotopic (exact) mass is 1680 g/mol. The van der Waals surface area contributed by atoms with Crippen molar-refractivity contribution in [1.29, 1.82) is 0 Å². The van der Waals surface area contributed by atoms with Crippen molar-refractivity contribution in [3.05, 3.63) is 380 Å². The van der Waals surface area contributed by atoms with Gasteiger partial charge in [-0.3, -0.25) is 24.0 Å². The second-order valence-electron chi connectivity index (χ2n) is 27.8. The van der Waals surface area contributed by atoms with Gasteiger partial charge in [0, 0.05) is 115 Å². The second kappa shape index (κ2) is 43.4. The fourth-order valence-corrected chi connectivity index (χ4v) is 12.0. The van der Waals surface area contributed by atoms with Crippen LogP contribution in [0.4, 0.5) is 103 Å². The summed E-state index contributed by atoms with van der Waals surface area (Å²) < 4.78 is 61.6. The average Bonchev–Trinajstić information content (AvgIpc) is 0.815. The molecule has 15 rings (SSSR count). The summed E-state index contributed by atoms with van der Waals surface area (Å²) in [5, 5.41) is 13.7. The first-order valence-corrected chi connectivity index (χ1v) is 38.4. The maximum atomic E-state index is 14.2. The van der Waals surface area contributed by atoms with Crippen molar-refractivity contribution in [1.82, 2.24) is 54.8 Å². The highest BCUT2D eigenvalue weighted by molar-refractivity contribution is 6.07. The molecule has 15 aromatic rings. The van der Waals surface area contributed by atoms with Gasteiger partial charge >= 0.3 is 0 Å². The Balaban J connectivity index is 0.000000152. The number of ether oxygens (including phenoxy) is 1. The van der Waals surface area contributed by atoms with Crippen molar-refractivity contribution in [2.75, 3.05) is 93.4 Å². The minimum atomic E-state index is -0.857. The molecule has 5 amide bonds. The van der Waals surface area contributed by atoms with E-state index in [4.69, 9.17) is 4.74 Å². The highest BCUT2D eigenvalue weighted by Crippen LogP contribution is 2.34. The molecule has 0 fully saturated rings. The molecule has 0 saturated heterocycles. The summed E-state index contributed by atoms with van der Waals surface area (Å²) >= 11 is 0. The van der Waals surface area contributed by atoms with Crippen molar-refractivity contribution in [3.8, 4) is 5.75 Å². The minimum absolute atomic E-state index is 0.0840. The number of nitrogens with one attached hydrogen (secondary N) is 5. The van der Waals surface area contributed by atoms with Crippen LogP contribution in [0.15, 0.2) is 306 Å². The number of hydrogen-bond donors (Lipinski definition) is 5. The summed E-state index contributed by atoms with van der Waals surface area (Å²) in [6.45, 7) is 7.53. The third kappa shape index (κ3) is 25.7. The van der Waals surface area contributed by atoms with E-state index in [0.29, 0.717) is 84.9 Å². The van der Waals surface area contributed by atoms with Crippen LogP contribution in [0.1, 0.15) is 74.3 Å². The molecule has 0 atom stereocenters. The molecule has 0 aliphatic rings. The molecule has 0 unspecified atom stereocenters. The fourth-order valence-electron chi connectivity index (χ4n) is 12.0. The number of carbonyl (C=O) groups excluding carboxylic acids is 5. The van der Waals surface area contributed by atoms with Crippen LogP contribution in [-0.4, -0.2) is 127 Å². The molecule has 6 heterocycles. The topological polar surface area (TPSA) is 313 Å². The zero-order chi connectivity index (χ0) is 88.9. The molecule has 630 valence electrons. The van der Waals surface area contributed by atoms with Gasteiger partial charge in [0.1, 0.15) is 66.3 Å². The van der Waals surface area contributed by atoms with Crippen molar-refractivity contribution in [2.24, 2.45) is 0 Å². The Hall–Kier alpha value is -16.6. The molecule has 27 nitrogen and oxygen atoms in total. The summed E-state index contributed by atoms with van der Waals surface area (Å²) in [6.07, 6.45) is 23.6. The Morgan fingerprint density at radius 1 is 0.296 bits per heavy atom. The van der Waals surface area contributed by atoms with Gasteiger partial charge < -0.3 is 55.8 Å². The summed E-state index contributed by atoms with van der Waals surface area (Å²) in [6, 6.07) is 59.6. The van der Waals surface area contributed by atoms with Gasteiger partial charge in [-0.05, 0) is 173 Å². The first-order valence-electron chi connectivity index (χ1n) is 38.4. The van der Waals surface area contributed by atoms with Crippen LogP contribution in [0, 0.1) is 51.0 Å². The number of nitrogens with zero attached hydrogens (tertiary/aromatic N) is 16. The normalized spacial score (nSPS) is 10.3. The van der Waals surface area contributed by atoms with Crippen LogP contribution in [0.3, 0.4) is 0 Å². The van der Waals surface area contributed by atoms with Gasteiger partial charge in [-0.25, -0.2) is 72.4 Å². The van der Waals surface area contributed by atoms with E-state index in [2.05, 4.69) is 81.4 Å². The van der Waals surface area contributed by atoms with Gasteiger partial charge in [-0.15, -0.1) is 0 Å². The van der Waals surface area contributed by atoms with Gasteiger partial charge in [0.05, 0.1) is 109 Å². The van der Waals surface area contributed by atoms with E-state index in [1.807, 2.05) is 143 Å². The lowest BCUT2D eigenvalue weighted by molar-refractivity contribution is 0.101. The number of benzene rings is 9. The molecule has 0 saturated carbocycles. The number of methoxy groups -OCH3 is 1.